The van der Waals surface area contributed by atoms with E-state index in [-0.39, 0.29) is 23.8 Å². The first-order chi connectivity index (χ1) is 9.32. The first-order valence-electron chi connectivity index (χ1n) is 6.23. The lowest BCUT2D eigenvalue weighted by molar-refractivity contribution is -0.137. The van der Waals surface area contributed by atoms with Crippen LogP contribution < -0.4 is 16.2 Å². The Morgan fingerprint density at radius 3 is 2.65 bits per heavy atom. The Morgan fingerprint density at radius 2 is 2.15 bits per heavy atom. The first-order valence-corrected chi connectivity index (χ1v) is 6.23. The zero-order valence-corrected chi connectivity index (χ0v) is 11.2. The molecular formula is C12H17F3N4O. The van der Waals surface area contributed by atoms with E-state index in [9.17, 15) is 13.2 Å². The van der Waals surface area contributed by atoms with Crippen molar-refractivity contribution < 1.29 is 17.9 Å². The number of nitrogens with one attached hydrogen (secondary N) is 1. The second kappa shape index (κ2) is 5.45. The molecule has 0 amide bonds. The molecule has 2 unspecified atom stereocenters. The average molecular weight is 290 g/mol. The Bertz CT molecular complexity index is 480. The molecule has 2 heterocycles. The van der Waals surface area contributed by atoms with Gasteiger partial charge in [0.2, 0.25) is 0 Å². The summed E-state index contributed by atoms with van der Waals surface area (Å²) < 4.78 is 44.0. The largest absolute Gasteiger partial charge is 0.416 e. The Hall–Kier alpha value is -1.54. The van der Waals surface area contributed by atoms with E-state index in [0.29, 0.717) is 6.61 Å². The van der Waals surface area contributed by atoms with Crippen molar-refractivity contribution >= 4 is 11.6 Å². The second-order valence-corrected chi connectivity index (χ2v) is 4.78. The van der Waals surface area contributed by atoms with E-state index in [0.717, 1.165) is 18.6 Å². The van der Waals surface area contributed by atoms with Crippen LogP contribution >= 0.6 is 0 Å². The first kappa shape index (κ1) is 14.9. The van der Waals surface area contributed by atoms with Crippen LogP contribution in [0.15, 0.2) is 12.1 Å². The van der Waals surface area contributed by atoms with Crippen LogP contribution in [0, 0.1) is 0 Å². The van der Waals surface area contributed by atoms with Crippen molar-refractivity contribution in [3.8, 4) is 0 Å². The summed E-state index contributed by atoms with van der Waals surface area (Å²) in [4.78, 5) is 5.78. The SMILES string of the molecule is CC1OCCC1N(C)c1cc(C(F)(F)F)cc(NN)n1. The molecule has 0 bridgehead atoms. The third kappa shape index (κ3) is 2.96. The number of ether oxygens (including phenoxy) is 1. The molecule has 0 radical (unpaired) electrons. The monoisotopic (exact) mass is 290 g/mol. The van der Waals surface area contributed by atoms with Gasteiger partial charge in [0.1, 0.15) is 11.6 Å². The molecule has 3 N–H and O–H groups in total. The van der Waals surface area contributed by atoms with E-state index in [1.54, 1.807) is 11.9 Å². The topological polar surface area (TPSA) is 63.4 Å². The predicted molar refractivity (Wildman–Crippen MR) is 69.3 cm³/mol. The zero-order valence-electron chi connectivity index (χ0n) is 11.2. The van der Waals surface area contributed by atoms with E-state index >= 15 is 0 Å². The molecule has 1 saturated heterocycles. The highest BCUT2D eigenvalue weighted by molar-refractivity contribution is 5.51. The van der Waals surface area contributed by atoms with Gasteiger partial charge < -0.3 is 15.1 Å². The van der Waals surface area contributed by atoms with Crippen LogP contribution in [0.5, 0.6) is 0 Å². The van der Waals surface area contributed by atoms with Crippen molar-refractivity contribution in [2.75, 3.05) is 24.0 Å². The molecular weight excluding hydrogens is 273 g/mol. The van der Waals surface area contributed by atoms with Crippen molar-refractivity contribution in [2.45, 2.75) is 31.7 Å². The summed E-state index contributed by atoms with van der Waals surface area (Å²) in [6, 6.07) is 1.90. The standard InChI is InChI=1S/C12H17F3N4O/c1-7-9(3-4-20-7)19(2)11-6-8(12(13,14)15)5-10(17-11)18-16/h5-7,9H,3-4,16H2,1-2H3,(H,17,18). The van der Waals surface area contributed by atoms with Gasteiger partial charge in [-0.15, -0.1) is 0 Å². The zero-order chi connectivity index (χ0) is 14.9. The van der Waals surface area contributed by atoms with Crippen LogP contribution in [0.4, 0.5) is 24.8 Å². The maximum atomic E-state index is 12.9. The highest BCUT2D eigenvalue weighted by atomic mass is 19.4. The molecule has 1 aromatic rings. The summed E-state index contributed by atoms with van der Waals surface area (Å²) in [5.41, 5.74) is 1.38. The minimum Gasteiger partial charge on any atom is -0.376 e. The second-order valence-electron chi connectivity index (χ2n) is 4.78. The molecule has 1 aromatic heterocycles. The lowest BCUT2D eigenvalue weighted by Gasteiger charge is -2.28. The summed E-state index contributed by atoms with van der Waals surface area (Å²) >= 11 is 0. The summed E-state index contributed by atoms with van der Waals surface area (Å²) in [5, 5.41) is 0. The summed E-state index contributed by atoms with van der Waals surface area (Å²) in [7, 11) is 1.71. The van der Waals surface area contributed by atoms with Crippen molar-refractivity contribution in [3.63, 3.8) is 0 Å². The number of nitrogen functional groups attached to an aromatic ring is 1. The molecule has 2 rings (SSSR count). The normalized spacial score (nSPS) is 22.9. The summed E-state index contributed by atoms with van der Waals surface area (Å²) in [5.74, 6) is 5.39. The molecule has 5 nitrogen and oxygen atoms in total. The smallest absolute Gasteiger partial charge is 0.376 e. The van der Waals surface area contributed by atoms with E-state index in [1.165, 1.54) is 0 Å². The van der Waals surface area contributed by atoms with Crippen LogP contribution in [-0.2, 0) is 10.9 Å². The molecule has 1 aliphatic rings. The molecule has 8 heteroatoms. The van der Waals surface area contributed by atoms with Gasteiger partial charge in [-0.2, -0.15) is 13.2 Å². The Morgan fingerprint density at radius 1 is 1.45 bits per heavy atom. The number of likely N-dealkylation sites (N-methyl/N-ethyl adjacent to an activating group) is 1. The van der Waals surface area contributed by atoms with Crippen LogP contribution in [0.1, 0.15) is 18.9 Å². The fourth-order valence-corrected chi connectivity index (χ4v) is 2.33. The molecule has 1 fully saturated rings. The Kier molecular flexibility index (Phi) is 4.05. The number of hydrogen-bond donors (Lipinski definition) is 2. The van der Waals surface area contributed by atoms with Gasteiger partial charge in [-0.3, -0.25) is 0 Å². The van der Waals surface area contributed by atoms with E-state index < -0.39 is 11.7 Å². The average Bonchev–Trinajstić information content (AvgIpc) is 2.82. The predicted octanol–water partition coefficient (Wildman–Crippen LogP) is 2.00. The number of alkyl halides is 3. The van der Waals surface area contributed by atoms with Gasteiger partial charge in [-0.1, -0.05) is 0 Å². The number of anilines is 2. The summed E-state index contributed by atoms with van der Waals surface area (Å²) in [6.45, 7) is 2.49. The third-order valence-corrected chi connectivity index (χ3v) is 3.48. The molecule has 20 heavy (non-hydrogen) atoms. The molecule has 0 spiro atoms. The fraction of sp³-hybridized carbons (Fsp3) is 0.583. The number of pyridine rings is 1. The minimum atomic E-state index is -4.44. The number of hydrazine groups is 1. The quantitative estimate of drug-likeness (QED) is 0.658. The van der Waals surface area contributed by atoms with Gasteiger partial charge in [-0.05, 0) is 25.5 Å². The van der Waals surface area contributed by atoms with Gasteiger partial charge in [-0.25, -0.2) is 10.8 Å². The van der Waals surface area contributed by atoms with Crippen molar-refractivity contribution in [1.29, 1.82) is 0 Å². The summed E-state index contributed by atoms with van der Waals surface area (Å²) in [6.07, 6.45) is -3.74. The number of hydrogen-bond acceptors (Lipinski definition) is 5. The van der Waals surface area contributed by atoms with Crippen LogP contribution in [-0.4, -0.2) is 30.8 Å². The maximum absolute atomic E-state index is 12.9. The highest BCUT2D eigenvalue weighted by Gasteiger charge is 2.34. The Labute approximate surface area is 114 Å². The fourth-order valence-electron chi connectivity index (χ4n) is 2.33. The molecule has 1 aliphatic heterocycles. The Balaban J connectivity index is 2.35. The highest BCUT2D eigenvalue weighted by Crippen LogP contribution is 2.33. The van der Waals surface area contributed by atoms with Gasteiger partial charge in [0.15, 0.2) is 0 Å². The molecule has 112 valence electrons. The van der Waals surface area contributed by atoms with Gasteiger partial charge in [0.05, 0.1) is 17.7 Å². The van der Waals surface area contributed by atoms with Gasteiger partial charge >= 0.3 is 6.18 Å². The molecule has 0 aromatic carbocycles. The van der Waals surface area contributed by atoms with Crippen LogP contribution in [0.3, 0.4) is 0 Å². The van der Waals surface area contributed by atoms with Crippen molar-refractivity contribution in [3.05, 3.63) is 17.7 Å². The number of halogens is 3. The lowest BCUT2D eigenvalue weighted by atomic mass is 10.1. The van der Waals surface area contributed by atoms with Crippen LogP contribution in [0.2, 0.25) is 0 Å². The molecule has 2 atom stereocenters. The van der Waals surface area contributed by atoms with Gasteiger partial charge in [0.25, 0.3) is 0 Å². The third-order valence-electron chi connectivity index (χ3n) is 3.48. The van der Waals surface area contributed by atoms with Gasteiger partial charge in [0, 0.05) is 13.7 Å². The lowest BCUT2D eigenvalue weighted by Crippen LogP contribution is -2.37. The number of nitrogens with zero attached hydrogens (tertiary/aromatic N) is 2. The van der Waals surface area contributed by atoms with Crippen LogP contribution in [0.25, 0.3) is 0 Å². The van der Waals surface area contributed by atoms with E-state index in [2.05, 4.69) is 10.4 Å². The minimum absolute atomic E-state index is 0.00314. The number of nitrogens with two attached hydrogens (primary N) is 1. The van der Waals surface area contributed by atoms with Crippen molar-refractivity contribution in [1.82, 2.24) is 4.98 Å². The number of rotatable bonds is 3. The van der Waals surface area contributed by atoms with E-state index in [1.807, 2.05) is 6.92 Å². The van der Waals surface area contributed by atoms with Crippen molar-refractivity contribution in [2.24, 2.45) is 5.84 Å². The van der Waals surface area contributed by atoms with E-state index in [4.69, 9.17) is 10.6 Å². The molecule has 0 saturated carbocycles. The number of aromatic nitrogens is 1. The molecule has 0 aliphatic carbocycles. The maximum Gasteiger partial charge on any atom is 0.416 e.